The number of nitrogens with zero attached hydrogens (tertiary/aromatic N) is 5. The zero-order valence-corrected chi connectivity index (χ0v) is 12.7. The van der Waals surface area contributed by atoms with Gasteiger partial charge in [-0.15, -0.1) is 0 Å². The Kier molecular flexibility index (Phi) is 4.34. The third kappa shape index (κ3) is 3.25. The van der Waals surface area contributed by atoms with Gasteiger partial charge in [0.2, 0.25) is 0 Å². The molecule has 0 amide bonds. The summed E-state index contributed by atoms with van der Waals surface area (Å²) in [5.41, 5.74) is 7.95. The van der Waals surface area contributed by atoms with Crippen molar-refractivity contribution in [1.29, 1.82) is 0 Å². The second-order valence-electron chi connectivity index (χ2n) is 5.46. The highest BCUT2D eigenvalue weighted by Gasteiger charge is 2.19. The summed E-state index contributed by atoms with van der Waals surface area (Å²) in [7, 11) is 2.13. The highest BCUT2D eigenvalue weighted by Crippen LogP contribution is 2.27. The topological polar surface area (TPSA) is 83.2 Å². The SMILES string of the molecule is CN1CCN(c2ncnc(NCc3cccnc3)c2N)CC1. The molecule has 1 saturated heterocycles. The Bertz CT molecular complexity index is 609. The third-order valence-electron chi connectivity index (χ3n) is 3.85. The van der Waals surface area contributed by atoms with Crippen LogP contribution >= 0.6 is 0 Å². The Morgan fingerprint density at radius 1 is 1.23 bits per heavy atom. The molecule has 7 heteroatoms. The Morgan fingerprint density at radius 2 is 2.05 bits per heavy atom. The Balaban J connectivity index is 1.71. The molecule has 0 unspecified atom stereocenters. The molecule has 0 spiro atoms. The van der Waals surface area contributed by atoms with Gasteiger partial charge in [-0.05, 0) is 18.7 Å². The van der Waals surface area contributed by atoms with Crippen LogP contribution in [0.3, 0.4) is 0 Å². The normalized spacial score (nSPS) is 15.8. The Labute approximate surface area is 130 Å². The summed E-state index contributed by atoms with van der Waals surface area (Å²) >= 11 is 0. The predicted octanol–water partition coefficient (Wildman–Crippen LogP) is 0.818. The van der Waals surface area contributed by atoms with Crippen LogP contribution in [-0.2, 0) is 6.54 Å². The monoisotopic (exact) mass is 299 g/mol. The minimum absolute atomic E-state index is 0.607. The average molecular weight is 299 g/mol. The number of rotatable bonds is 4. The average Bonchev–Trinajstić information content (AvgIpc) is 2.56. The number of likely N-dealkylation sites (N-methyl/N-ethyl adjacent to an activating group) is 1. The van der Waals surface area contributed by atoms with E-state index in [1.165, 1.54) is 0 Å². The number of aromatic nitrogens is 3. The quantitative estimate of drug-likeness (QED) is 0.864. The summed E-state index contributed by atoms with van der Waals surface area (Å²) in [6.07, 6.45) is 5.15. The van der Waals surface area contributed by atoms with E-state index in [1.807, 2.05) is 18.3 Å². The lowest BCUT2D eigenvalue weighted by Gasteiger charge is -2.33. The van der Waals surface area contributed by atoms with Gasteiger partial charge in [-0.3, -0.25) is 4.98 Å². The lowest BCUT2D eigenvalue weighted by atomic mass is 10.2. The molecule has 3 N–H and O–H groups in total. The van der Waals surface area contributed by atoms with Crippen molar-refractivity contribution in [2.45, 2.75) is 6.54 Å². The molecule has 0 radical (unpaired) electrons. The number of piperazine rings is 1. The fourth-order valence-corrected chi connectivity index (χ4v) is 2.49. The molecule has 116 valence electrons. The maximum Gasteiger partial charge on any atom is 0.157 e. The molecular formula is C15H21N7. The molecule has 3 rings (SSSR count). The van der Waals surface area contributed by atoms with Crippen LogP contribution in [0.15, 0.2) is 30.9 Å². The predicted molar refractivity (Wildman–Crippen MR) is 87.7 cm³/mol. The number of hydrogen-bond acceptors (Lipinski definition) is 7. The fraction of sp³-hybridized carbons (Fsp3) is 0.400. The second kappa shape index (κ2) is 6.57. The van der Waals surface area contributed by atoms with E-state index in [2.05, 4.69) is 37.1 Å². The molecule has 0 aliphatic carbocycles. The summed E-state index contributed by atoms with van der Waals surface area (Å²) in [5, 5.41) is 3.26. The second-order valence-corrected chi connectivity index (χ2v) is 5.46. The Morgan fingerprint density at radius 3 is 2.77 bits per heavy atom. The number of nitrogens with one attached hydrogen (secondary N) is 1. The minimum atomic E-state index is 0.607. The van der Waals surface area contributed by atoms with Gasteiger partial charge < -0.3 is 20.9 Å². The van der Waals surface area contributed by atoms with Crippen LogP contribution in [-0.4, -0.2) is 53.1 Å². The van der Waals surface area contributed by atoms with Crippen molar-refractivity contribution in [3.05, 3.63) is 36.4 Å². The van der Waals surface area contributed by atoms with Crippen molar-refractivity contribution in [1.82, 2.24) is 19.9 Å². The first kappa shape index (κ1) is 14.5. The van der Waals surface area contributed by atoms with Crippen LogP contribution in [0.25, 0.3) is 0 Å². The number of nitrogens with two attached hydrogens (primary N) is 1. The van der Waals surface area contributed by atoms with Crippen LogP contribution in [0.1, 0.15) is 5.56 Å². The first-order valence-electron chi connectivity index (χ1n) is 7.41. The Hall–Kier alpha value is -2.41. The molecule has 2 aromatic heterocycles. The van der Waals surface area contributed by atoms with E-state index in [1.54, 1.807) is 12.5 Å². The molecule has 3 heterocycles. The number of hydrogen-bond donors (Lipinski definition) is 2. The molecule has 0 saturated carbocycles. The lowest BCUT2D eigenvalue weighted by molar-refractivity contribution is 0.312. The van der Waals surface area contributed by atoms with Gasteiger partial charge in [0.15, 0.2) is 11.6 Å². The molecule has 22 heavy (non-hydrogen) atoms. The molecule has 1 aliphatic rings. The molecule has 0 aromatic carbocycles. The van der Waals surface area contributed by atoms with E-state index in [0.29, 0.717) is 18.1 Å². The number of nitrogen functional groups attached to an aromatic ring is 1. The zero-order valence-electron chi connectivity index (χ0n) is 12.7. The van der Waals surface area contributed by atoms with Crippen molar-refractivity contribution < 1.29 is 0 Å². The van der Waals surface area contributed by atoms with Gasteiger partial charge in [0.05, 0.1) is 0 Å². The van der Waals surface area contributed by atoms with E-state index in [-0.39, 0.29) is 0 Å². The maximum absolute atomic E-state index is 6.25. The van der Waals surface area contributed by atoms with Crippen LogP contribution in [0, 0.1) is 0 Å². The third-order valence-corrected chi connectivity index (χ3v) is 3.85. The summed E-state index contributed by atoms with van der Waals surface area (Å²) in [4.78, 5) is 17.2. The highest BCUT2D eigenvalue weighted by molar-refractivity contribution is 5.75. The zero-order chi connectivity index (χ0) is 15.4. The van der Waals surface area contributed by atoms with E-state index in [0.717, 1.165) is 37.6 Å². The van der Waals surface area contributed by atoms with Crippen LogP contribution in [0.5, 0.6) is 0 Å². The van der Waals surface area contributed by atoms with Gasteiger partial charge in [-0.2, -0.15) is 0 Å². The fourth-order valence-electron chi connectivity index (χ4n) is 2.49. The van der Waals surface area contributed by atoms with Gasteiger partial charge in [0, 0.05) is 45.1 Å². The number of pyridine rings is 1. The minimum Gasteiger partial charge on any atom is -0.393 e. The van der Waals surface area contributed by atoms with Crippen molar-refractivity contribution in [2.75, 3.05) is 49.2 Å². The molecule has 0 atom stereocenters. The van der Waals surface area contributed by atoms with E-state index < -0.39 is 0 Å². The molecule has 0 bridgehead atoms. The van der Waals surface area contributed by atoms with Crippen LogP contribution in [0.4, 0.5) is 17.3 Å². The standard InChI is InChI=1S/C15H21N7/c1-21-5-7-22(8-6-21)15-13(16)14(19-11-20-15)18-10-12-3-2-4-17-9-12/h2-4,9,11H,5-8,10,16H2,1H3,(H,18,19,20). The smallest absolute Gasteiger partial charge is 0.157 e. The lowest BCUT2D eigenvalue weighted by Crippen LogP contribution is -2.45. The molecule has 7 nitrogen and oxygen atoms in total. The van der Waals surface area contributed by atoms with Crippen LogP contribution in [0.2, 0.25) is 0 Å². The first-order valence-corrected chi connectivity index (χ1v) is 7.41. The first-order chi connectivity index (χ1) is 10.7. The summed E-state index contributed by atoms with van der Waals surface area (Å²) in [6.45, 7) is 4.53. The summed E-state index contributed by atoms with van der Waals surface area (Å²) in [6, 6.07) is 3.93. The summed E-state index contributed by atoms with van der Waals surface area (Å²) < 4.78 is 0. The van der Waals surface area contributed by atoms with Gasteiger partial charge in [-0.1, -0.05) is 6.07 Å². The van der Waals surface area contributed by atoms with Crippen molar-refractivity contribution in [3.63, 3.8) is 0 Å². The molecule has 2 aromatic rings. The molecule has 1 aliphatic heterocycles. The van der Waals surface area contributed by atoms with E-state index in [4.69, 9.17) is 5.73 Å². The van der Waals surface area contributed by atoms with Crippen molar-refractivity contribution >= 4 is 17.3 Å². The van der Waals surface area contributed by atoms with E-state index >= 15 is 0 Å². The van der Waals surface area contributed by atoms with Gasteiger partial charge in [0.25, 0.3) is 0 Å². The van der Waals surface area contributed by atoms with E-state index in [9.17, 15) is 0 Å². The van der Waals surface area contributed by atoms with Crippen LogP contribution < -0.4 is 16.0 Å². The molecular weight excluding hydrogens is 278 g/mol. The summed E-state index contributed by atoms with van der Waals surface area (Å²) in [5.74, 6) is 1.49. The van der Waals surface area contributed by atoms with Gasteiger partial charge in [0.1, 0.15) is 12.0 Å². The van der Waals surface area contributed by atoms with Gasteiger partial charge in [-0.25, -0.2) is 9.97 Å². The highest BCUT2D eigenvalue weighted by atomic mass is 15.3. The largest absolute Gasteiger partial charge is 0.393 e. The number of anilines is 3. The molecule has 1 fully saturated rings. The van der Waals surface area contributed by atoms with Crippen molar-refractivity contribution in [2.24, 2.45) is 0 Å². The maximum atomic E-state index is 6.25. The van der Waals surface area contributed by atoms with Gasteiger partial charge >= 0.3 is 0 Å². The van der Waals surface area contributed by atoms with Crippen molar-refractivity contribution in [3.8, 4) is 0 Å².